The minimum atomic E-state index is -0.563. The summed E-state index contributed by atoms with van der Waals surface area (Å²) in [5, 5.41) is 3.61. The first-order chi connectivity index (χ1) is 8.81. The molecule has 0 aliphatic carbocycles. The molecule has 0 fully saturated rings. The molecule has 0 bridgehead atoms. The fourth-order valence-electron chi connectivity index (χ4n) is 1.99. The summed E-state index contributed by atoms with van der Waals surface area (Å²) < 4.78 is 0. The molecule has 113 valence electrons. The van der Waals surface area contributed by atoms with E-state index in [0.717, 1.165) is 0 Å². The Morgan fingerprint density at radius 2 is 1.45 bits per heavy atom. The summed E-state index contributed by atoms with van der Waals surface area (Å²) in [7, 11) is 4.59. The molecular weight excluding hydrogens is 335 g/mol. The molecule has 6 nitrogen and oxygen atoms in total. The molecule has 0 aliphatic heterocycles. The molecule has 0 aromatic heterocycles. The zero-order valence-corrected chi connectivity index (χ0v) is 16.1. The number of amides is 3. The molecule has 2 unspecified atom stereocenters. The maximum atomic E-state index is 12.4. The van der Waals surface area contributed by atoms with Crippen molar-refractivity contribution < 1.29 is 47.1 Å². The molecule has 7 heteroatoms. The minimum Gasteiger partial charge on any atom is -0.654 e. The van der Waals surface area contributed by atoms with Gasteiger partial charge in [0, 0.05) is 53.7 Å². The number of carbonyl (C=O) groups excluding carboxylic acids is 3. The van der Waals surface area contributed by atoms with Gasteiger partial charge >= 0.3 is 0 Å². The summed E-state index contributed by atoms with van der Waals surface area (Å²) in [5.74, 6) is -0.726. The Balaban J connectivity index is 0. The van der Waals surface area contributed by atoms with E-state index in [-0.39, 0.29) is 50.4 Å². The topological polar surface area (TPSA) is 71.8 Å². The van der Waals surface area contributed by atoms with Gasteiger partial charge in [-0.1, -0.05) is 13.8 Å². The largest absolute Gasteiger partial charge is 0.654 e. The number of hydrogen-bond donors (Lipinski definition) is 0. The van der Waals surface area contributed by atoms with Crippen molar-refractivity contribution in [2.24, 2.45) is 0 Å². The van der Waals surface area contributed by atoms with E-state index in [9.17, 15) is 14.4 Å². The predicted octanol–water partition coefficient (Wildman–Crippen LogP) is 1.01. The smallest absolute Gasteiger partial charge is 0.245 e. The van der Waals surface area contributed by atoms with Crippen molar-refractivity contribution in [3.05, 3.63) is 5.32 Å². The van der Waals surface area contributed by atoms with Gasteiger partial charge in [-0.15, -0.1) is 7.05 Å². The van der Waals surface area contributed by atoms with Crippen LogP contribution >= 0.6 is 0 Å². The van der Waals surface area contributed by atoms with Crippen molar-refractivity contribution in [1.29, 1.82) is 0 Å². The zero-order valence-electron chi connectivity index (χ0n) is 13.2. The first-order valence-corrected chi connectivity index (χ1v) is 6.45. The van der Waals surface area contributed by atoms with E-state index in [4.69, 9.17) is 0 Å². The van der Waals surface area contributed by atoms with Crippen LogP contribution in [0, 0.1) is 0 Å². The number of carbonyl (C=O) groups is 3. The Morgan fingerprint density at radius 3 is 1.75 bits per heavy atom. The monoisotopic (exact) mass is 359 g/mol. The third-order valence-corrected chi connectivity index (χ3v) is 3.34. The average molecular weight is 359 g/mol. The maximum Gasteiger partial charge on any atom is 0.245 e. The molecule has 2 atom stereocenters. The van der Waals surface area contributed by atoms with E-state index in [0.29, 0.717) is 12.8 Å². The fourth-order valence-corrected chi connectivity index (χ4v) is 1.99. The summed E-state index contributed by atoms with van der Waals surface area (Å²) in [5.41, 5.74) is 0. The zero-order chi connectivity index (χ0) is 15.2. The van der Waals surface area contributed by atoms with Gasteiger partial charge in [-0.3, -0.25) is 9.59 Å². The first kappa shape index (κ1) is 21.8. The van der Waals surface area contributed by atoms with Crippen molar-refractivity contribution in [3.8, 4) is 0 Å². The quantitative estimate of drug-likeness (QED) is 0.711. The van der Waals surface area contributed by atoms with Gasteiger partial charge in [0.2, 0.25) is 11.8 Å². The van der Waals surface area contributed by atoms with Crippen LogP contribution < -0.4 is 0 Å². The number of rotatable bonds is 6. The normalized spacial score (nSPS) is 12.7. The van der Waals surface area contributed by atoms with Crippen LogP contribution in [0.3, 0.4) is 0 Å². The molecule has 0 heterocycles. The van der Waals surface area contributed by atoms with Gasteiger partial charge in [0.05, 0.1) is 11.9 Å². The Labute approximate surface area is 146 Å². The molecular formula is C13H24N3O3Y-. The van der Waals surface area contributed by atoms with Crippen molar-refractivity contribution in [2.75, 3.05) is 21.1 Å². The SMILES string of the molecule is CCC(C(=O)N(C)C(CC)C(=O)[N-]C)N(C)C(C)=O.[Y]. The van der Waals surface area contributed by atoms with Crippen LogP contribution in [0.15, 0.2) is 0 Å². The van der Waals surface area contributed by atoms with Crippen molar-refractivity contribution in [3.63, 3.8) is 0 Å². The second-order valence-electron chi connectivity index (χ2n) is 4.49. The van der Waals surface area contributed by atoms with E-state index in [1.165, 1.54) is 23.8 Å². The summed E-state index contributed by atoms with van der Waals surface area (Å²) in [6.07, 6.45) is 1.01. The van der Waals surface area contributed by atoms with Gasteiger partial charge in [-0.25, -0.2) is 0 Å². The van der Waals surface area contributed by atoms with Crippen LogP contribution in [0.2, 0.25) is 0 Å². The first-order valence-electron chi connectivity index (χ1n) is 6.45. The molecule has 20 heavy (non-hydrogen) atoms. The van der Waals surface area contributed by atoms with E-state index in [1.54, 1.807) is 14.1 Å². The van der Waals surface area contributed by atoms with Gasteiger partial charge in [0.1, 0.15) is 6.04 Å². The van der Waals surface area contributed by atoms with E-state index in [1.807, 2.05) is 13.8 Å². The molecule has 0 spiro atoms. The van der Waals surface area contributed by atoms with Crippen molar-refractivity contribution in [2.45, 2.75) is 45.7 Å². The second kappa shape index (κ2) is 10.3. The third-order valence-electron chi connectivity index (χ3n) is 3.34. The van der Waals surface area contributed by atoms with Gasteiger partial charge in [-0.2, -0.15) is 0 Å². The van der Waals surface area contributed by atoms with E-state index >= 15 is 0 Å². The molecule has 0 aromatic rings. The van der Waals surface area contributed by atoms with Crippen LogP contribution in [-0.4, -0.2) is 60.7 Å². The van der Waals surface area contributed by atoms with Crippen LogP contribution in [0.1, 0.15) is 33.6 Å². The Kier molecular flexibility index (Phi) is 11.2. The predicted molar refractivity (Wildman–Crippen MR) is 73.7 cm³/mol. The Morgan fingerprint density at radius 1 is 1.00 bits per heavy atom. The molecule has 0 aliphatic rings. The van der Waals surface area contributed by atoms with Gasteiger partial charge in [0.15, 0.2) is 0 Å². The molecule has 0 aromatic carbocycles. The molecule has 0 saturated heterocycles. The number of likely N-dealkylation sites (N-methyl/N-ethyl adjacent to an activating group) is 3. The maximum absolute atomic E-state index is 12.4. The summed E-state index contributed by atoms with van der Waals surface area (Å²) >= 11 is 0. The summed E-state index contributed by atoms with van der Waals surface area (Å²) in [4.78, 5) is 38.2. The Bertz CT molecular complexity index is 350. The van der Waals surface area contributed by atoms with Crippen LogP contribution in [-0.2, 0) is 47.1 Å². The standard InChI is InChI=1S/C13H25N3O3.Y/c1-7-10(12(18)14-4)16(6)13(19)11(8-2)15(5)9(3)17;/h10-11H,7-8H2,1-6H3,(H,14,18);/p-1. The van der Waals surface area contributed by atoms with Gasteiger partial charge in [0.25, 0.3) is 0 Å². The van der Waals surface area contributed by atoms with Crippen molar-refractivity contribution in [1.82, 2.24) is 9.80 Å². The van der Waals surface area contributed by atoms with Gasteiger partial charge < -0.3 is 19.9 Å². The van der Waals surface area contributed by atoms with Crippen LogP contribution in [0.4, 0.5) is 0 Å². The third kappa shape index (κ3) is 5.48. The number of hydrogen-bond acceptors (Lipinski definition) is 3. The van der Waals surface area contributed by atoms with Crippen molar-refractivity contribution >= 4 is 17.7 Å². The second-order valence-corrected chi connectivity index (χ2v) is 4.49. The van der Waals surface area contributed by atoms with Crippen LogP contribution in [0.25, 0.3) is 5.32 Å². The minimum absolute atomic E-state index is 0. The summed E-state index contributed by atoms with van der Waals surface area (Å²) in [6, 6.07) is -1.10. The molecule has 0 N–H and O–H groups in total. The Hall–Kier alpha value is -0.486. The van der Waals surface area contributed by atoms with Gasteiger partial charge in [-0.05, 0) is 12.8 Å². The average Bonchev–Trinajstić information content (AvgIpc) is 2.39. The summed E-state index contributed by atoms with van der Waals surface area (Å²) in [6.45, 7) is 5.08. The molecule has 0 rings (SSSR count). The number of nitrogens with zero attached hydrogens (tertiary/aromatic N) is 3. The van der Waals surface area contributed by atoms with E-state index in [2.05, 4.69) is 5.32 Å². The molecule has 3 amide bonds. The fraction of sp³-hybridized carbons (Fsp3) is 0.769. The molecule has 1 radical (unpaired) electrons. The van der Waals surface area contributed by atoms with E-state index < -0.39 is 12.1 Å². The van der Waals surface area contributed by atoms with Crippen LogP contribution in [0.5, 0.6) is 0 Å². The molecule has 0 saturated carbocycles.